The average Bonchev–Trinajstić information content (AvgIpc) is 2.00. The topological polar surface area (TPSA) is 53.2 Å². The van der Waals surface area contributed by atoms with E-state index in [0.29, 0.717) is 11.5 Å². The van der Waals surface area contributed by atoms with Crippen molar-refractivity contribution in [2.45, 2.75) is 39.7 Å². The van der Waals surface area contributed by atoms with Gasteiger partial charge < -0.3 is 5.32 Å². The first-order chi connectivity index (χ1) is 6.06. The largest absolute Gasteiger partial charge is 0.359 e. The van der Waals surface area contributed by atoms with Gasteiger partial charge in [0, 0.05) is 12.5 Å². The number of carbonyl (C=O) groups is 1. The van der Waals surface area contributed by atoms with Gasteiger partial charge in [0.05, 0.1) is 0 Å². The van der Waals surface area contributed by atoms with Crippen LogP contribution in [0.4, 0.5) is 0 Å². The highest BCUT2D eigenvalue weighted by Gasteiger charge is 2.00. The van der Waals surface area contributed by atoms with Crippen LogP contribution in [-0.4, -0.2) is 17.1 Å². The lowest BCUT2D eigenvalue weighted by Crippen LogP contribution is -2.48. The second-order valence-electron chi connectivity index (χ2n) is 3.05. The molecule has 0 aromatic heterocycles. The minimum Gasteiger partial charge on any atom is -0.359 e. The lowest BCUT2D eigenvalue weighted by atomic mass is 10.3. The van der Waals surface area contributed by atoms with E-state index in [1.165, 1.54) is 0 Å². The van der Waals surface area contributed by atoms with E-state index in [9.17, 15) is 4.79 Å². The van der Waals surface area contributed by atoms with Crippen LogP contribution in [0.5, 0.6) is 0 Å². The summed E-state index contributed by atoms with van der Waals surface area (Å²) in [4.78, 5) is 11.0. The van der Waals surface area contributed by atoms with Crippen molar-refractivity contribution < 1.29 is 4.79 Å². The third kappa shape index (κ3) is 7.52. The molecule has 0 aliphatic rings. The molecule has 0 spiro atoms. The predicted octanol–water partition coefficient (Wildman–Crippen LogP) is 0.690. The third-order valence-corrected chi connectivity index (χ3v) is 1.43. The fourth-order valence-electron chi connectivity index (χ4n) is 0.714. The molecule has 0 fully saturated rings. The van der Waals surface area contributed by atoms with Gasteiger partial charge in [-0.2, -0.15) is 0 Å². The van der Waals surface area contributed by atoms with E-state index in [-0.39, 0.29) is 11.9 Å². The summed E-state index contributed by atoms with van der Waals surface area (Å²) in [6.45, 7) is 5.90. The van der Waals surface area contributed by atoms with Gasteiger partial charge in [0.15, 0.2) is 5.11 Å². The Morgan fingerprint density at radius 3 is 2.46 bits per heavy atom. The van der Waals surface area contributed by atoms with E-state index < -0.39 is 0 Å². The Labute approximate surface area is 84.4 Å². The molecule has 5 heteroatoms. The van der Waals surface area contributed by atoms with Crippen LogP contribution < -0.4 is 16.2 Å². The van der Waals surface area contributed by atoms with Gasteiger partial charge in [-0.1, -0.05) is 6.92 Å². The number of carbonyl (C=O) groups excluding carboxylic acids is 1. The first-order valence-electron chi connectivity index (χ1n) is 4.41. The van der Waals surface area contributed by atoms with E-state index in [4.69, 9.17) is 12.2 Å². The standard InChI is InChI=1S/C8H17N3OS/c1-4-5-7(12)10-11-8(13)9-6(2)3/h6H,4-5H2,1-3H3,(H,10,12)(H2,9,11,13). The third-order valence-electron chi connectivity index (χ3n) is 1.21. The molecule has 0 unspecified atom stereocenters. The first kappa shape index (κ1) is 12.2. The van der Waals surface area contributed by atoms with Crippen molar-refractivity contribution in [3.8, 4) is 0 Å². The van der Waals surface area contributed by atoms with Gasteiger partial charge in [0.2, 0.25) is 5.91 Å². The zero-order chi connectivity index (χ0) is 10.3. The van der Waals surface area contributed by atoms with Crippen LogP contribution in [0, 0.1) is 0 Å². The van der Waals surface area contributed by atoms with Crippen LogP contribution in [0.25, 0.3) is 0 Å². The summed E-state index contributed by atoms with van der Waals surface area (Å²) < 4.78 is 0. The highest BCUT2D eigenvalue weighted by atomic mass is 32.1. The Morgan fingerprint density at radius 1 is 1.38 bits per heavy atom. The van der Waals surface area contributed by atoms with Crippen LogP contribution >= 0.6 is 12.2 Å². The van der Waals surface area contributed by atoms with Crippen LogP contribution in [0.3, 0.4) is 0 Å². The molecule has 0 saturated carbocycles. The van der Waals surface area contributed by atoms with Gasteiger partial charge in [0.1, 0.15) is 0 Å². The summed E-state index contributed by atoms with van der Waals surface area (Å²) >= 11 is 4.90. The summed E-state index contributed by atoms with van der Waals surface area (Å²) in [5.41, 5.74) is 5.12. The van der Waals surface area contributed by atoms with Gasteiger partial charge >= 0.3 is 0 Å². The predicted molar refractivity (Wildman–Crippen MR) is 57.1 cm³/mol. The van der Waals surface area contributed by atoms with Crippen molar-refractivity contribution >= 4 is 23.2 Å². The fourth-order valence-corrected chi connectivity index (χ4v) is 1.00. The van der Waals surface area contributed by atoms with E-state index in [1.807, 2.05) is 20.8 Å². The minimum atomic E-state index is -0.0459. The second-order valence-corrected chi connectivity index (χ2v) is 3.46. The zero-order valence-corrected chi connectivity index (χ0v) is 9.12. The van der Waals surface area contributed by atoms with Crippen molar-refractivity contribution in [2.24, 2.45) is 0 Å². The SMILES string of the molecule is CCCC(=O)NNC(=S)NC(C)C. The maximum Gasteiger partial charge on any atom is 0.238 e. The Hall–Kier alpha value is -0.840. The van der Waals surface area contributed by atoms with Gasteiger partial charge in [-0.05, 0) is 32.5 Å². The maximum atomic E-state index is 11.0. The van der Waals surface area contributed by atoms with Crippen molar-refractivity contribution in [3.05, 3.63) is 0 Å². The molecule has 0 aromatic carbocycles. The van der Waals surface area contributed by atoms with Crippen LogP contribution in [0.15, 0.2) is 0 Å². The molecule has 0 saturated heterocycles. The van der Waals surface area contributed by atoms with Gasteiger partial charge in [-0.25, -0.2) is 0 Å². The molecule has 13 heavy (non-hydrogen) atoms. The van der Waals surface area contributed by atoms with Crippen molar-refractivity contribution in [2.75, 3.05) is 0 Å². The molecule has 1 amide bonds. The lowest BCUT2D eigenvalue weighted by molar-refractivity contribution is -0.121. The number of nitrogens with one attached hydrogen (secondary N) is 3. The van der Waals surface area contributed by atoms with E-state index in [1.54, 1.807) is 0 Å². The quantitative estimate of drug-likeness (QED) is 0.466. The van der Waals surface area contributed by atoms with Gasteiger partial charge in [-0.15, -0.1) is 0 Å². The summed E-state index contributed by atoms with van der Waals surface area (Å²) in [6.07, 6.45) is 1.34. The number of hydrogen-bond donors (Lipinski definition) is 3. The van der Waals surface area contributed by atoms with Crippen LogP contribution in [-0.2, 0) is 4.79 Å². The summed E-state index contributed by atoms with van der Waals surface area (Å²) in [5, 5.41) is 3.39. The zero-order valence-electron chi connectivity index (χ0n) is 8.31. The van der Waals surface area contributed by atoms with Crippen molar-refractivity contribution in [1.29, 1.82) is 0 Å². The highest BCUT2D eigenvalue weighted by Crippen LogP contribution is 1.83. The summed E-state index contributed by atoms with van der Waals surface area (Å²) in [7, 11) is 0. The summed E-state index contributed by atoms with van der Waals surface area (Å²) in [6, 6.07) is 0.267. The molecule has 3 N–H and O–H groups in total. The minimum absolute atomic E-state index is 0.0459. The van der Waals surface area contributed by atoms with Gasteiger partial charge in [-0.3, -0.25) is 15.6 Å². The molecule has 0 rings (SSSR count). The molecule has 0 radical (unpaired) electrons. The molecule has 0 aliphatic carbocycles. The maximum absolute atomic E-state index is 11.0. The lowest BCUT2D eigenvalue weighted by Gasteiger charge is -2.13. The molecule has 0 bridgehead atoms. The Morgan fingerprint density at radius 2 is 2.00 bits per heavy atom. The number of amides is 1. The Kier molecular flexibility index (Phi) is 6.22. The van der Waals surface area contributed by atoms with E-state index in [0.717, 1.165) is 6.42 Å². The summed E-state index contributed by atoms with van der Waals surface area (Å²) in [5.74, 6) is -0.0459. The van der Waals surface area contributed by atoms with Crippen molar-refractivity contribution in [3.63, 3.8) is 0 Å². The average molecular weight is 203 g/mol. The molecule has 0 atom stereocenters. The number of hydrogen-bond acceptors (Lipinski definition) is 2. The molecule has 0 heterocycles. The van der Waals surface area contributed by atoms with Crippen molar-refractivity contribution in [1.82, 2.24) is 16.2 Å². The molecule has 0 aromatic rings. The number of thiocarbonyl (C=S) groups is 1. The monoisotopic (exact) mass is 203 g/mol. The normalized spacial score (nSPS) is 9.54. The molecule has 0 aliphatic heterocycles. The fraction of sp³-hybridized carbons (Fsp3) is 0.750. The molecule has 76 valence electrons. The van der Waals surface area contributed by atoms with Crippen LogP contribution in [0.2, 0.25) is 0 Å². The van der Waals surface area contributed by atoms with E-state index in [2.05, 4.69) is 16.2 Å². The van der Waals surface area contributed by atoms with Gasteiger partial charge in [0.25, 0.3) is 0 Å². The number of rotatable bonds is 3. The Balaban J connectivity index is 3.52. The van der Waals surface area contributed by atoms with Crippen LogP contribution in [0.1, 0.15) is 33.6 Å². The second kappa shape index (κ2) is 6.65. The smallest absolute Gasteiger partial charge is 0.238 e. The van der Waals surface area contributed by atoms with E-state index >= 15 is 0 Å². The highest BCUT2D eigenvalue weighted by molar-refractivity contribution is 7.80. The Bertz CT molecular complexity index is 182. The first-order valence-corrected chi connectivity index (χ1v) is 4.82. The molecule has 4 nitrogen and oxygen atoms in total. The molecular weight excluding hydrogens is 186 g/mol. The molecular formula is C8H17N3OS. The number of hydrazine groups is 1.